The first-order valence-electron chi connectivity index (χ1n) is 4.90. The van der Waals surface area contributed by atoms with Crippen molar-refractivity contribution in [3.8, 4) is 0 Å². The molecule has 0 fully saturated rings. The van der Waals surface area contributed by atoms with Gasteiger partial charge in [-0.25, -0.2) is 9.78 Å². The van der Waals surface area contributed by atoms with Gasteiger partial charge in [0.1, 0.15) is 5.69 Å². The molecule has 0 aromatic carbocycles. The van der Waals surface area contributed by atoms with E-state index in [1.54, 1.807) is 24.5 Å². The summed E-state index contributed by atoms with van der Waals surface area (Å²) in [4.78, 5) is 21.6. The Morgan fingerprint density at radius 3 is 2.76 bits per heavy atom. The molecule has 0 spiro atoms. The lowest BCUT2D eigenvalue weighted by molar-refractivity contribution is 0.0690. The average molecular weight is 227 g/mol. The monoisotopic (exact) mass is 227 g/mol. The third kappa shape index (κ3) is 2.72. The van der Waals surface area contributed by atoms with Crippen molar-refractivity contribution < 1.29 is 9.90 Å². The van der Waals surface area contributed by atoms with Gasteiger partial charge in [-0.1, -0.05) is 6.07 Å². The van der Waals surface area contributed by atoms with Gasteiger partial charge in [0.05, 0.1) is 11.9 Å². The van der Waals surface area contributed by atoms with Gasteiger partial charge in [-0.05, 0) is 18.2 Å². The molecule has 17 heavy (non-hydrogen) atoms. The zero-order valence-corrected chi connectivity index (χ0v) is 8.82. The van der Waals surface area contributed by atoms with E-state index in [-0.39, 0.29) is 5.69 Å². The predicted molar refractivity (Wildman–Crippen MR) is 64.3 cm³/mol. The minimum atomic E-state index is -0.990. The van der Waals surface area contributed by atoms with Crippen molar-refractivity contribution in [1.29, 1.82) is 0 Å². The molecule has 0 atom stereocenters. The number of hydrogen-bond acceptors (Lipinski definition) is 4. The Balaban J connectivity index is 0.000000127. The Kier molecular flexibility index (Phi) is 3.20. The van der Waals surface area contributed by atoms with Crippen molar-refractivity contribution in [2.24, 2.45) is 9.98 Å². The molecule has 1 aromatic rings. The third-order valence-electron chi connectivity index (χ3n) is 2.06. The van der Waals surface area contributed by atoms with Crippen molar-refractivity contribution in [3.63, 3.8) is 0 Å². The summed E-state index contributed by atoms with van der Waals surface area (Å²) in [5.74, 6) is -0.990. The van der Waals surface area contributed by atoms with Crippen LogP contribution in [0.25, 0.3) is 0 Å². The topological polar surface area (TPSA) is 74.9 Å². The van der Waals surface area contributed by atoms with Gasteiger partial charge < -0.3 is 5.11 Å². The quantitative estimate of drug-likeness (QED) is 0.793. The molecule has 0 radical (unpaired) electrons. The van der Waals surface area contributed by atoms with Gasteiger partial charge >= 0.3 is 5.97 Å². The Morgan fingerprint density at radius 2 is 2.18 bits per heavy atom. The third-order valence-corrected chi connectivity index (χ3v) is 2.06. The first kappa shape index (κ1) is 10.9. The van der Waals surface area contributed by atoms with Crippen LogP contribution in [0.15, 0.2) is 58.4 Å². The number of rotatable bonds is 1. The minimum Gasteiger partial charge on any atom is -0.477 e. The summed E-state index contributed by atoms with van der Waals surface area (Å²) in [6.07, 6.45) is 8.75. The summed E-state index contributed by atoms with van der Waals surface area (Å²) in [5, 5.41) is 8.32. The van der Waals surface area contributed by atoms with E-state index in [9.17, 15) is 4.79 Å². The number of fused-ring (bicyclic) bond motifs is 1. The minimum absolute atomic E-state index is 0.0810. The van der Waals surface area contributed by atoms with Gasteiger partial charge in [0.15, 0.2) is 0 Å². The second-order valence-corrected chi connectivity index (χ2v) is 3.21. The van der Waals surface area contributed by atoms with Gasteiger partial charge in [-0.2, -0.15) is 0 Å². The highest BCUT2D eigenvalue weighted by molar-refractivity contribution is 6.41. The normalized spacial score (nSPS) is 14.6. The lowest BCUT2D eigenvalue weighted by Crippen LogP contribution is -1.97. The zero-order valence-electron chi connectivity index (χ0n) is 8.82. The van der Waals surface area contributed by atoms with E-state index in [0.717, 1.165) is 11.3 Å². The van der Waals surface area contributed by atoms with Gasteiger partial charge in [0, 0.05) is 24.2 Å². The van der Waals surface area contributed by atoms with E-state index in [2.05, 4.69) is 15.0 Å². The number of aromatic nitrogens is 1. The van der Waals surface area contributed by atoms with E-state index in [0.29, 0.717) is 0 Å². The number of allylic oxidation sites excluding steroid dienone is 2. The van der Waals surface area contributed by atoms with Gasteiger partial charge in [0.25, 0.3) is 0 Å². The molecule has 3 rings (SSSR count). The number of aromatic carboxylic acids is 1. The Hall–Kier alpha value is -2.56. The van der Waals surface area contributed by atoms with Crippen molar-refractivity contribution in [1.82, 2.24) is 4.98 Å². The highest BCUT2D eigenvalue weighted by Gasteiger charge is 2.08. The first-order chi connectivity index (χ1) is 8.27. The molecule has 0 amide bonds. The maximum Gasteiger partial charge on any atom is 0.354 e. The van der Waals surface area contributed by atoms with Crippen molar-refractivity contribution in [2.45, 2.75) is 0 Å². The highest BCUT2D eigenvalue weighted by Crippen LogP contribution is 2.11. The molecular formula is C12H9N3O2. The molecule has 2 aliphatic rings. The Morgan fingerprint density at radius 1 is 1.29 bits per heavy atom. The molecule has 1 aromatic heterocycles. The SMILES string of the molecule is C1=CC2=CN=CC2=N1.O=C(O)c1ccccn1. The molecule has 0 aliphatic carbocycles. The van der Waals surface area contributed by atoms with Crippen molar-refractivity contribution >= 4 is 17.9 Å². The van der Waals surface area contributed by atoms with Crippen LogP contribution in [0.2, 0.25) is 0 Å². The van der Waals surface area contributed by atoms with Crippen LogP contribution in [0.1, 0.15) is 10.5 Å². The number of hydrogen-bond donors (Lipinski definition) is 1. The molecule has 0 saturated carbocycles. The molecule has 84 valence electrons. The van der Waals surface area contributed by atoms with Gasteiger partial charge in [-0.3, -0.25) is 9.98 Å². The maximum atomic E-state index is 10.1. The lowest BCUT2D eigenvalue weighted by atomic mass is 10.2. The second kappa shape index (κ2) is 4.98. The van der Waals surface area contributed by atoms with Crippen LogP contribution < -0.4 is 0 Å². The van der Waals surface area contributed by atoms with E-state index in [4.69, 9.17) is 5.11 Å². The lowest BCUT2D eigenvalue weighted by Gasteiger charge is -1.87. The second-order valence-electron chi connectivity index (χ2n) is 3.21. The number of carbonyl (C=O) groups is 1. The number of aliphatic imine (C=N–C) groups is 2. The molecule has 2 aliphatic heterocycles. The number of nitrogens with zero attached hydrogens (tertiary/aromatic N) is 3. The summed E-state index contributed by atoms with van der Waals surface area (Å²) >= 11 is 0. The number of carboxylic acid groups (broad SMARTS) is 1. The summed E-state index contributed by atoms with van der Waals surface area (Å²) in [5.41, 5.74) is 2.20. The number of pyridine rings is 1. The smallest absolute Gasteiger partial charge is 0.354 e. The Labute approximate surface area is 97.6 Å². The summed E-state index contributed by atoms with van der Waals surface area (Å²) < 4.78 is 0. The van der Waals surface area contributed by atoms with Crippen LogP contribution in [0.5, 0.6) is 0 Å². The van der Waals surface area contributed by atoms with Crippen LogP contribution in [-0.2, 0) is 0 Å². The predicted octanol–water partition coefficient (Wildman–Crippen LogP) is 1.70. The average Bonchev–Trinajstić information content (AvgIpc) is 2.93. The largest absolute Gasteiger partial charge is 0.477 e. The fourth-order valence-corrected chi connectivity index (χ4v) is 1.25. The van der Waals surface area contributed by atoms with E-state index < -0.39 is 5.97 Å². The van der Waals surface area contributed by atoms with Crippen LogP contribution in [0.3, 0.4) is 0 Å². The van der Waals surface area contributed by atoms with Crippen LogP contribution >= 0.6 is 0 Å². The highest BCUT2D eigenvalue weighted by atomic mass is 16.4. The molecule has 3 heterocycles. The van der Waals surface area contributed by atoms with Crippen LogP contribution in [-0.4, -0.2) is 28.0 Å². The molecule has 0 unspecified atom stereocenters. The Bertz CT molecular complexity index is 516. The standard InChI is InChI=1S/C6H4N2.C6H5NO2/c1-2-8-6-4-7-3-5(1)6;8-6(9)5-3-1-2-4-7-5/h1-4H;1-4H,(H,8,9). The van der Waals surface area contributed by atoms with Crippen molar-refractivity contribution in [3.05, 3.63) is 54.1 Å². The summed E-state index contributed by atoms with van der Waals surface area (Å²) in [7, 11) is 0. The fourth-order valence-electron chi connectivity index (χ4n) is 1.25. The molecule has 5 nitrogen and oxygen atoms in total. The molecule has 5 heteroatoms. The molecule has 0 bridgehead atoms. The molecular weight excluding hydrogens is 218 g/mol. The van der Waals surface area contributed by atoms with E-state index >= 15 is 0 Å². The van der Waals surface area contributed by atoms with Crippen LogP contribution in [0.4, 0.5) is 0 Å². The fraction of sp³-hybridized carbons (Fsp3) is 0. The summed E-state index contributed by atoms with van der Waals surface area (Å²) in [6, 6.07) is 4.76. The first-order valence-corrected chi connectivity index (χ1v) is 4.90. The van der Waals surface area contributed by atoms with E-state index in [1.807, 2.05) is 12.3 Å². The number of carboxylic acids is 1. The molecule has 1 N–H and O–H groups in total. The van der Waals surface area contributed by atoms with Gasteiger partial charge in [0.2, 0.25) is 0 Å². The van der Waals surface area contributed by atoms with Gasteiger partial charge in [-0.15, -0.1) is 0 Å². The van der Waals surface area contributed by atoms with E-state index in [1.165, 1.54) is 12.3 Å². The molecule has 0 saturated heterocycles. The van der Waals surface area contributed by atoms with Crippen molar-refractivity contribution in [2.75, 3.05) is 0 Å². The maximum absolute atomic E-state index is 10.1. The van der Waals surface area contributed by atoms with Crippen LogP contribution in [0, 0.1) is 0 Å². The summed E-state index contributed by atoms with van der Waals surface area (Å²) in [6.45, 7) is 0. The zero-order chi connectivity index (χ0) is 12.1.